The Hall–Kier alpha value is -1.74. The summed E-state index contributed by atoms with van der Waals surface area (Å²) in [6.45, 7) is 11.6. The van der Waals surface area contributed by atoms with Crippen LogP contribution >= 0.6 is 15.9 Å². The van der Waals surface area contributed by atoms with Gasteiger partial charge in [-0.1, -0.05) is 42.8 Å². The number of aromatic nitrogens is 3. The summed E-state index contributed by atoms with van der Waals surface area (Å²) in [5, 5.41) is 5.62. The topological polar surface area (TPSA) is 58.4 Å². The van der Waals surface area contributed by atoms with E-state index >= 15 is 0 Å². The van der Waals surface area contributed by atoms with Crippen LogP contribution in [0.2, 0.25) is 5.04 Å². The van der Waals surface area contributed by atoms with Gasteiger partial charge in [-0.25, -0.2) is 9.67 Å². The Kier molecular flexibility index (Phi) is 7.01. The van der Waals surface area contributed by atoms with Gasteiger partial charge in [0.2, 0.25) is 9.76 Å². The third kappa shape index (κ3) is 5.49. The zero-order chi connectivity index (χ0) is 21.9. The van der Waals surface area contributed by atoms with Gasteiger partial charge < -0.3 is 13.9 Å². The molecule has 0 aliphatic rings. The smallest absolute Gasteiger partial charge is 0.237 e. The Labute approximate surface area is 189 Å². The van der Waals surface area contributed by atoms with Crippen LogP contribution in [0.1, 0.15) is 40.3 Å². The summed E-state index contributed by atoms with van der Waals surface area (Å²) in [5.41, 5.74) is 1.28. The molecule has 160 valence electrons. The Morgan fingerprint density at radius 2 is 1.87 bits per heavy atom. The number of methoxy groups -OCH3 is 1. The number of hydrogen-bond acceptors (Lipinski definition) is 5. The molecule has 0 aliphatic heterocycles. The van der Waals surface area contributed by atoms with Gasteiger partial charge in [-0.2, -0.15) is 5.10 Å². The molecule has 6 nitrogen and oxygen atoms in total. The summed E-state index contributed by atoms with van der Waals surface area (Å²) in [5.74, 6) is 1.49. The highest BCUT2D eigenvalue weighted by atomic mass is 79.9. The average molecular weight is 490 g/mol. The summed E-state index contributed by atoms with van der Waals surface area (Å²) < 4.78 is 19.9. The molecule has 0 amide bonds. The summed E-state index contributed by atoms with van der Waals surface area (Å²) in [7, 11) is 2.03. The minimum atomic E-state index is -0.500. The maximum Gasteiger partial charge on any atom is 0.237 e. The van der Waals surface area contributed by atoms with Gasteiger partial charge in [0.15, 0.2) is 5.82 Å². The summed E-state index contributed by atoms with van der Waals surface area (Å²) >= 11 is 3.58. The van der Waals surface area contributed by atoms with Gasteiger partial charge in [0.1, 0.15) is 12.4 Å². The van der Waals surface area contributed by atoms with Gasteiger partial charge in [-0.3, -0.25) is 0 Å². The molecule has 0 aliphatic carbocycles. The molecule has 2 aromatic heterocycles. The fraction of sp³-hybridized carbons (Fsp3) is 0.455. The molecule has 0 saturated carbocycles. The number of halogens is 1. The minimum Gasteiger partial charge on any atom is -0.490 e. The molecule has 8 heteroatoms. The second kappa shape index (κ2) is 9.17. The molecular formula is C22H28BrN3O3Si. The summed E-state index contributed by atoms with van der Waals surface area (Å²) in [4.78, 5) is 4.88. The van der Waals surface area contributed by atoms with Crippen molar-refractivity contribution in [2.75, 3.05) is 20.3 Å². The fourth-order valence-corrected chi connectivity index (χ4v) is 3.90. The van der Waals surface area contributed by atoms with Crippen LogP contribution in [0.25, 0.3) is 16.7 Å². The van der Waals surface area contributed by atoms with E-state index in [0.29, 0.717) is 23.0 Å². The monoisotopic (exact) mass is 489 g/mol. The van der Waals surface area contributed by atoms with Crippen LogP contribution in [0, 0.1) is 0 Å². The summed E-state index contributed by atoms with van der Waals surface area (Å²) in [6, 6.07) is 9.90. The zero-order valence-corrected chi connectivity index (χ0v) is 20.9. The third-order valence-corrected chi connectivity index (χ3v) is 6.02. The number of rotatable bonds is 8. The summed E-state index contributed by atoms with van der Waals surface area (Å²) in [6.07, 6.45) is 1.81. The standard InChI is InChI=1S/C22H28BrN3O3Si/c1-21(2,3)30-29-22(4,5)19-8-7-9-20(25-19)26-17-12-15(23)13-18(16(17)14-24-26)28-11-10-27-6/h7-9,12-14H,10-11H2,1-6H3. The van der Waals surface area contributed by atoms with Gasteiger partial charge in [0, 0.05) is 11.6 Å². The van der Waals surface area contributed by atoms with E-state index in [1.165, 1.54) is 0 Å². The highest BCUT2D eigenvalue weighted by Crippen LogP contribution is 2.32. The number of hydrogen-bond donors (Lipinski definition) is 0. The lowest BCUT2D eigenvalue weighted by atomic mass is 10.1. The van der Waals surface area contributed by atoms with E-state index in [4.69, 9.17) is 18.9 Å². The maximum absolute atomic E-state index is 6.23. The molecular weight excluding hydrogens is 462 g/mol. The predicted molar refractivity (Wildman–Crippen MR) is 124 cm³/mol. The second-order valence-corrected chi connectivity index (χ2v) is 11.4. The third-order valence-electron chi connectivity index (χ3n) is 4.34. The predicted octanol–water partition coefficient (Wildman–Crippen LogP) is 5.30. The van der Waals surface area contributed by atoms with Gasteiger partial charge >= 0.3 is 0 Å². The molecule has 0 saturated heterocycles. The first kappa shape index (κ1) is 22.9. The number of benzene rings is 1. The molecule has 0 N–H and O–H groups in total. The first-order valence-corrected chi connectivity index (χ1v) is 11.5. The highest BCUT2D eigenvalue weighted by Gasteiger charge is 2.27. The van der Waals surface area contributed by atoms with Crippen molar-refractivity contribution in [3.63, 3.8) is 0 Å². The lowest BCUT2D eigenvalue weighted by Gasteiger charge is -2.29. The molecule has 3 rings (SSSR count). The van der Waals surface area contributed by atoms with E-state index in [0.717, 1.165) is 32.6 Å². The highest BCUT2D eigenvalue weighted by molar-refractivity contribution is 9.10. The minimum absolute atomic E-state index is 0.110. The van der Waals surface area contributed by atoms with Crippen molar-refractivity contribution in [1.82, 2.24) is 14.8 Å². The Balaban J connectivity index is 1.96. The number of nitrogens with zero attached hydrogens (tertiary/aromatic N) is 3. The van der Waals surface area contributed by atoms with Crippen LogP contribution in [-0.2, 0) is 14.8 Å². The van der Waals surface area contributed by atoms with Crippen LogP contribution in [-0.4, -0.2) is 44.9 Å². The van der Waals surface area contributed by atoms with E-state index in [-0.39, 0.29) is 5.04 Å². The van der Waals surface area contributed by atoms with Crippen molar-refractivity contribution in [2.45, 2.75) is 45.3 Å². The van der Waals surface area contributed by atoms with Crippen molar-refractivity contribution in [3.05, 3.63) is 46.7 Å². The van der Waals surface area contributed by atoms with Crippen molar-refractivity contribution in [1.29, 1.82) is 0 Å². The van der Waals surface area contributed by atoms with E-state index < -0.39 is 5.60 Å². The lowest BCUT2D eigenvalue weighted by molar-refractivity contribution is 0.104. The van der Waals surface area contributed by atoms with Crippen LogP contribution in [0.3, 0.4) is 0 Å². The first-order chi connectivity index (χ1) is 14.1. The first-order valence-electron chi connectivity index (χ1n) is 9.83. The molecule has 0 bridgehead atoms. The van der Waals surface area contributed by atoms with Crippen molar-refractivity contribution in [3.8, 4) is 11.6 Å². The van der Waals surface area contributed by atoms with E-state index in [9.17, 15) is 0 Å². The molecule has 2 heterocycles. The van der Waals surface area contributed by atoms with E-state index in [1.54, 1.807) is 13.3 Å². The Bertz CT molecular complexity index is 1010. The van der Waals surface area contributed by atoms with Crippen molar-refractivity contribution < 1.29 is 13.9 Å². The maximum atomic E-state index is 6.23. The number of pyridine rings is 1. The van der Waals surface area contributed by atoms with E-state index in [2.05, 4.69) is 55.6 Å². The van der Waals surface area contributed by atoms with Gasteiger partial charge in [-0.05, 0) is 43.2 Å². The van der Waals surface area contributed by atoms with Crippen LogP contribution in [0.4, 0.5) is 0 Å². The number of ether oxygens (including phenoxy) is 2. The Morgan fingerprint density at radius 1 is 1.10 bits per heavy atom. The Morgan fingerprint density at radius 3 is 2.57 bits per heavy atom. The van der Waals surface area contributed by atoms with Crippen molar-refractivity contribution >= 4 is 36.6 Å². The van der Waals surface area contributed by atoms with Crippen LogP contribution in [0.5, 0.6) is 5.75 Å². The van der Waals surface area contributed by atoms with Crippen molar-refractivity contribution in [2.24, 2.45) is 0 Å². The molecule has 0 unspecified atom stereocenters. The average Bonchev–Trinajstić information content (AvgIpc) is 3.10. The largest absolute Gasteiger partial charge is 0.490 e. The van der Waals surface area contributed by atoms with Crippen LogP contribution in [0.15, 0.2) is 41.0 Å². The SMILES string of the molecule is COCCOc1cc(Br)cc2c1cnn2-c1cccc(C(C)(C)O[Si]C(C)(C)C)n1. The molecule has 2 radical (unpaired) electrons. The molecule has 0 atom stereocenters. The zero-order valence-electron chi connectivity index (χ0n) is 18.3. The normalized spacial score (nSPS) is 12.5. The van der Waals surface area contributed by atoms with Crippen LogP contribution < -0.4 is 4.74 Å². The molecule has 0 fully saturated rings. The van der Waals surface area contributed by atoms with Gasteiger partial charge in [0.25, 0.3) is 0 Å². The fourth-order valence-electron chi connectivity index (χ4n) is 2.81. The molecule has 0 spiro atoms. The lowest BCUT2D eigenvalue weighted by Crippen LogP contribution is -2.28. The van der Waals surface area contributed by atoms with Gasteiger partial charge in [-0.15, -0.1) is 0 Å². The van der Waals surface area contributed by atoms with E-state index in [1.807, 2.05) is 35.0 Å². The number of fused-ring (bicyclic) bond motifs is 1. The molecule has 30 heavy (non-hydrogen) atoms. The van der Waals surface area contributed by atoms with Gasteiger partial charge in [0.05, 0.1) is 35.0 Å². The second-order valence-electron chi connectivity index (χ2n) is 8.58. The quantitative estimate of drug-likeness (QED) is 0.317. The molecule has 3 aromatic rings. The molecule has 1 aromatic carbocycles.